The highest BCUT2D eigenvalue weighted by Crippen LogP contribution is 2.23. The van der Waals surface area contributed by atoms with Crippen molar-refractivity contribution in [1.29, 1.82) is 0 Å². The van der Waals surface area contributed by atoms with E-state index in [-0.39, 0.29) is 31.1 Å². The Hall–Kier alpha value is -2.47. The van der Waals surface area contributed by atoms with Gasteiger partial charge in [-0.25, -0.2) is 8.42 Å². The fourth-order valence-corrected chi connectivity index (χ4v) is 4.72. The number of benzene rings is 2. The van der Waals surface area contributed by atoms with Crippen molar-refractivity contribution in [3.8, 4) is 5.75 Å². The van der Waals surface area contributed by atoms with Crippen molar-refractivity contribution < 1.29 is 27.5 Å². The third-order valence-electron chi connectivity index (χ3n) is 4.62. The van der Waals surface area contributed by atoms with E-state index in [1.165, 1.54) is 16.4 Å². The van der Waals surface area contributed by atoms with Crippen LogP contribution >= 0.6 is 15.9 Å². The van der Waals surface area contributed by atoms with Crippen molar-refractivity contribution in [1.82, 2.24) is 14.9 Å². The molecule has 0 radical (unpaired) electrons. The van der Waals surface area contributed by atoms with Gasteiger partial charge in [-0.3, -0.25) is 9.59 Å². The number of carbonyl (C=O) groups excluding carboxylic acids is 2. The Morgan fingerprint density at radius 3 is 2.39 bits per heavy atom. The van der Waals surface area contributed by atoms with Gasteiger partial charge in [0.05, 0.1) is 25.2 Å². The van der Waals surface area contributed by atoms with Crippen LogP contribution in [-0.4, -0.2) is 57.6 Å². The van der Waals surface area contributed by atoms with Crippen LogP contribution in [0.2, 0.25) is 0 Å². The molecular weight excluding hydrogens is 490 g/mol. The third-order valence-corrected chi connectivity index (χ3v) is 7.05. The molecule has 2 N–H and O–H groups in total. The number of methoxy groups -OCH3 is 1. The van der Waals surface area contributed by atoms with Gasteiger partial charge in [0, 0.05) is 17.6 Å². The van der Waals surface area contributed by atoms with Gasteiger partial charge in [0.25, 0.3) is 0 Å². The summed E-state index contributed by atoms with van der Waals surface area (Å²) in [5, 5.41) is 4.95. The van der Waals surface area contributed by atoms with Crippen molar-refractivity contribution in [2.75, 3.05) is 26.8 Å². The lowest BCUT2D eigenvalue weighted by Crippen LogP contribution is -2.47. The van der Waals surface area contributed by atoms with Crippen LogP contribution < -0.4 is 15.4 Å². The molecule has 1 aliphatic rings. The first-order valence-electron chi connectivity index (χ1n) is 9.39. The fraction of sp³-hybridized carbons (Fsp3) is 0.300. The molecule has 1 atom stereocenters. The normalized spacial score (nSPS) is 16.6. The van der Waals surface area contributed by atoms with Gasteiger partial charge in [-0.1, -0.05) is 28.1 Å². The molecule has 0 aromatic heterocycles. The molecule has 1 unspecified atom stereocenters. The Labute approximate surface area is 188 Å². The van der Waals surface area contributed by atoms with Gasteiger partial charge < -0.3 is 20.1 Å². The van der Waals surface area contributed by atoms with Crippen molar-refractivity contribution in [2.45, 2.75) is 17.7 Å². The fourth-order valence-electron chi connectivity index (χ4n) is 2.95. The highest BCUT2D eigenvalue weighted by Gasteiger charge is 2.36. The van der Waals surface area contributed by atoms with Crippen LogP contribution in [0.5, 0.6) is 5.75 Å². The smallest absolute Gasteiger partial charge is 0.309 e. The first-order valence-corrected chi connectivity index (χ1v) is 11.6. The number of ether oxygens (including phenoxy) is 2. The number of nitrogens with one attached hydrogen (secondary N) is 2. The molecule has 31 heavy (non-hydrogen) atoms. The Balaban J connectivity index is 1.53. The summed E-state index contributed by atoms with van der Waals surface area (Å²) in [7, 11) is -2.24. The minimum atomic E-state index is -3.80. The van der Waals surface area contributed by atoms with Gasteiger partial charge in [0.2, 0.25) is 10.0 Å². The lowest BCUT2D eigenvalue weighted by molar-refractivity contribution is -0.139. The van der Waals surface area contributed by atoms with Crippen LogP contribution in [0.25, 0.3) is 0 Å². The number of carbonyl (C=O) groups is 2. The SMILES string of the molecule is COc1ccc(CNC(=O)C(=O)NCC2OCCN2S(=O)(=O)c2ccc(Br)cc2)cc1. The zero-order chi connectivity index (χ0) is 22.4. The van der Waals surface area contributed by atoms with E-state index in [4.69, 9.17) is 9.47 Å². The molecular formula is C20H22BrN3O6S. The molecule has 0 spiro atoms. The highest BCUT2D eigenvalue weighted by atomic mass is 79.9. The number of hydrogen-bond donors (Lipinski definition) is 2. The molecule has 2 aromatic carbocycles. The molecule has 9 nitrogen and oxygen atoms in total. The lowest BCUT2D eigenvalue weighted by atomic mass is 10.2. The van der Waals surface area contributed by atoms with Gasteiger partial charge in [-0.05, 0) is 42.0 Å². The van der Waals surface area contributed by atoms with Crippen molar-refractivity contribution in [3.63, 3.8) is 0 Å². The summed E-state index contributed by atoms with van der Waals surface area (Å²) in [6, 6.07) is 13.3. The van der Waals surface area contributed by atoms with Crippen LogP contribution in [0, 0.1) is 0 Å². The minimum Gasteiger partial charge on any atom is -0.497 e. The van der Waals surface area contributed by atoms with Crippen molar-refractivity contribution in [2.24, 2.45) is 0 Å². The third kappa shape index (κ3) is 5.82. The molecule has 2 aromatic rings. The summed E-state index contributed by atoms with van der Waals surface area (Å²) in [5.74, 6) is -1.01. The maximum atomic E-state index is 12.9. The number of halogens is 1. The van der Waals surface area contributed by atoms with E-state index < -0.39 is 28.1 Å². The van der Waals surface area contributed by atoms with Crippen molar-refractivity contribution in [3.05, 3.63) is 58.6 Å². The van der Waals surface area contributed by atoms with E-state index in [2.05, 4.69) is 26.6 Å². The lowest BCUT2D eigenvalue weighted by Gasteiger charge is -2.22. The van der Waals surface area contributed by atoms with Crippen molar-refractivity contribution >= 4 is 37.8 Å². The Morgan fingerprint density at radius 2 is 1.74 bits per heavy atom. The zero-order valence-electron chi connectivity index (χ0n) is 16.7. The summed E-state index contributed by atoms with van der Waals surface area (Å²) in [5.41, 5.74) is 0.799. The molecule has 11 heteroatoms. The second-order valence-electron chi connectivity index (χ2n) is 6.64. The van der Waals surface area contributed by atoms with Crippen LogP contribution in [0.4, 0.5) is 0 Å². The Morgan fingerprint density at radius 1 is 1.10 bits per heavy atom. The Kier molecular flexibility index (Phi) is 7.65. The predicted octanol–water partition coefficient (Wildman–Crippen LogP) is 1.24. The molecule has 1 aliphatic heterocycles. The van der Waals surface area contributed by atoms with E-state index in [0.717, 1.165) is 10.0 Å². The molecule has 1 saturated heterocycles. The summed E-state index contributed by atoms with van der Waals surface area (Å²) in [6.45, 7) is 0.368. The van der Waals surface area contributed by atoms with Gasteiger partial charge in [0.15, 0.2) is 0 Å². The van der Waals surface area contributed by atoms with Crippen LogP contribution in [0.15, 0.2) is 57.9 Å². The molecule has 3 rings (SSSR count). The number of nitrogens with zero attached hydrogens (tertiary/aromatic N) is 1. The van der Waals surface area contributed by atoms with Gasteiger partial charge in [0.1, 0.15) is 12.0 Å². The zero-order valence-corrected chi connectivity index (χ0v) is 19.1. The molecule has 166 valence electrons. The van der Waals surface area contributed by atoms with E-state index in [9.17, 15) is 18.0 Å². The first kappa shape index (κ1) is 23.2. The predicted molar refractivity (Wildman–Crippen MR) is 116 cm³/mol. The van der Waals surface area contributed by atoms with Gasteiger partial charge in [-0.15, -0.1) is 0 Å². The first-order chi connectivity index (χ1) is 14.8. The number of amides is 2. The molecule has 2 amide bonds. The van der Waals surface area contributed by atoms with E-state index >= 15 is 0 Å². The Bertz CT molecular complexity index is 1030. The van der Waals surface area contributed by atoms with Crippen LogP contribution in [0.1, 0.15) is 5.56 Å². The molecule has 0 bridgehead atoms. The quantitative estimate of drug-likeness (QED) is 0.540. The second-order valence-corrected chi connectivity index (χ2v) is 9.44. The summed E-state index contributed by atoms with van der Waals surface area (Å²) >= 11 is 3.27. The van der Waals surface area contributed by atoms with Crippen LogP contribution in [0.3, 0.4) is 0 Å². The highest BCUT2D eigenvalue weighted by molar-refractivity contribution is 9.10. The summed E-state index contributed by atoms with van der Waals surface area (Å²) in [6.07, 6.45) is -0.896. The molecule has 1 heterocycles. The maximum absolute atomic E-state index is 12.9. The number of hydrogen-bond acceptors (Lipinski definition) is 6. The average Bonchev–Trinajstić information content (AvgIpc) is 3.26. The largest absolute Gasteiger partial charge is 0.497 e. The summed E-state index contributed by atoms with van der Waals surface area (Å²) in [4.78, 5) is 24.3. The molecule has 1 fully saturated rings. The van der Waals surface area contributed by atoms with E-state index in [0.29, 0.717) is 5.75 Å². The second kappa shape index (κ2) is 10.2. The maximum Gasteiger partial charge on any atom is 0.309 e. The van der Waals surface area contributed by atoms with E-state index in [1.54, 1.807) is 43.5 Å². The number of rotatable bonds is 7. The average molecular weight is 512 g/mol. The van der Waals surface area contributed by atoms with E-state index in [1.807, 2.05) is 0 Å². The molecule has 0 aliphatic carbocycles. The molecule has 0 saturated carbocycles. The topological polar surface area (TPSA) is 114 Å². The standard InChI is InChI=1S/C20H22BrN3O6S/c1-29-16-6-2-14(3-7-16)12-22-19(25)20(26)23-13-18-24(10-11-30-18)31(27,28)17-8-4-15(21)5-9-17/h2-9,18H,10-13H2,1H3,(H,22,25)(H,23,26). The van der Waals surface area contributed by atoms with Crippen LogP contribution in [-0.2, 0) is 30.9 Å². The minimum absolute atomic E-state index is 0.120. The van der Waals surface area contributed by atoms with Gasteiger partial charge >= 0.3 is 11.8 Å². The monoisotopic (exact) mass is 511 g/mol. The van der Waals surface area contributed by atoms with Gasteiger partial charge in [-0.2, -0.15) is 4.31 Å². The summed E-state index contributed by atoms with van der Waals surface area (Å²) < 4.78 is 38.2. The number of sulfonamides is 1.